The van der Waals surface area contributed by atoms with Crippen LogP contribution in [0, 0.1) is 0 Å². The molecule has 0 aliphatic rings. The van der Waals surface area contributed by atoms with E-state index < -0.39 is 0 Å². The fourth-order valence-electron chi connectivity index (χ4n) is 1.91. The predicted molar refractivity (Wildman–Crippen MR) is 93.3 cm³/mol. The highest BCUT2D eigenvalue weighted by Crippen LogP contribution is 2.32. The maximum absolute atomic E-state index is 11.5. The van der Waals surface area contributed by atoms with Gasteiger partial charge in [0.15, 0.2) is 0 Å². The Hall–Kier alpha value is -1.97. The maximum Gasteiger partial charge on any atom is 0.331 e. The second-order valence-electron chi connectivity index (χ2n) is 4.78. The van der Waals surface area contributed by atoms with Crippen LogP contribution in [0.5, 0.6) is 11.5 Å². The van der Waals surface area contributed by atoms with E-state index in [0.717, 1.165) is 11.1 Å². The molecule has 0 saturated heterocycles. The minimum absolute atomic E-state index is 0.349. The first-order chi connectivity index (χ1) is 11.0. The lowest BCUT2D eigenvalue weighted by atomic mass is 10.1. The molecule has 5 heteroatoms. The van der Waals surface area contributed by atoms with Crippen molar-refractivity contribution in [3.8, 4) is 11.5 Å². The van der Waals surface area contributed by atoms with Gasteiger partial charge in [-0.05, 0) is 55.3 Å². The summed E-state index contributed by atoms with van der Waals surface area (Å²) in [5, 5.41) is 0.998. The normalized spacial score (nSPS) is 11.2. The molecule has 0 radical (unpaired) electrons. The minimum atomic E-state index is -0.349. The van der Waals surface area contributed by atoms with Crippen molar-refractivity contribution in [2.45, 2.75) is 13.8 Å². The molecule has 0 aliphatic carbocycles. The van der Waals surface area contributed by atoms with Gasteiger partial charge in [-0.1, -0.05) is 35.3 Å². The van der Waals surface area contributed by atoms with Crippen molar-refractivity contribution in [1.82, 2.24) is 0 Å². The fraction of sp³-hybridized carbons (Fsp3) is 0.167. The van der Waals surface area contributed by atoms with Gasteiger partial charge >= 0.3 is 5.97 Å². The smallest absolute Gasteiger partial charge is 0.331 e. The summed E-state index contributed by atoms with van der Waals surface area (Å²) in [5.41, 5.74) is 1.73. The van der Waals surface area contributed by atoms with E-state index in [1.165, 1.54) is 6.08 Å². The summed E-state index contributed by atoms with van der Waals surface area (Å²) >= 11 is 11.9. The van der Waals surface area contributed by atoms with Gasteiger partial charge in [-0.25, -0.2) is 4.79 Å². The van der Waals surface area contributed by atoms with E-state index in [2.05, 4.69) is 0 Å². The first kappa shape index (κ1) is 17.4. The van der Waals surface area contributed by atoms with Crippen molar-refractivity contribution in [3.63, 3.8) is 0 Å². The fourth-order valence-corrected chi connectivity index (χ4v) is 2.36. The van der Waals surface area contributed by atoms with Crippen molar-refractivity contribution in [1.29, 1.82) is 0 Å². The highest BCUT2D eigenvalue weighted by molar-refractivity contribution is 6.35. The summed E-state index contributed by atoms with van der Waals surface area (Å²) in [4.78, 5) is 11.5. The average Bonchev–Trinajstić information content (AvgIpc) is 2.51. The summed E-state index contributed by atoms with van der Waals surface area (Å²) in [5.74, 6) is 0.822. The summed E-state index contributed by atoms with van der Waals surface area (Å²) < 4.78 is 10.6. The van der Waals surface area contributed by atoms with Gasteiger partial charge in [0.25, 0.3) is 0 Å². The number of carbonyl (C=O) groups excluding carboxylic acids is 1. The Morgan fingerprint density at radius 1 is 1.13 bits per heavy atom. The first-order valence-electron chi connectivity index (χ1n) is 7.08. The van der Waals surface area contributed by atoms with Gasteiger partial charge in [-0.2, -0.15) is 0 Å². The Bertz CT molecular complexity index is 722. The van der Waals surface area contributed by atoms with Crippen molar-refractivity contribution in [3.05, 3.63) is 64.1 Å². The van der Waals surface area contributed by atoms with E-state index in [4.69, 9.17) is 32.7 Å². The molecule has 2 aromatic carbocycles. The number of hydrogen-bond donors (Lipinski definition) is 0. The first-order valence-corrected chi connectivity index (χ1v) is 7.83. The van der Waals surface area contributed by atoms with E-state index in [0.29, 0.717) is 28.2 Å². The topological polar surface area (TPSA) is 35.5 Å². The molecule has 0 aromatic heterocycles. The van der Waals surface area contributed by atoms with E-state index in [9.17, 15) is 4.79 Å². The van der Waals surface area contributed by atoms with Crippen LogP contribution in [0.4, 0.5) is 0 Å². The molecule has 2 rings (SSSR count). The number of ether oxygens (including phenoxy) is 2. The van der Waals surface area contributed by atoms with Crippen molar-refractivity contribution in [2.24, 2.45) is 0 Å². The lowest BCUT2D eigenvalue weighted by Crippen LogP contribution is -2.00. The zero-order valence-corrected chi connectivity index (χ0v) is 14.3. The van der Waals surface area contributed by atoms with Crippen LogP contribution in [-0.2, 0) is 9.53 Å². The molecule has 0 unspecified atom stereocenters. The Labute approximate surface area is 145 Å². The van der Waals surface area contributed by atoms with Gasteiger partial charge in [0.05, 0.1) is 11.6 Å². The molecule has 0 fully saturated rings. The average molecular weight is 351 g/mol. The zero-order chi connectivity index (χ0) is 16.8. The SMILES string of the molecule is CCOC(=O)C=C(C)c1ccc(Oc2ccc(Cl)cc2Cl)cc1. The van der Waals surface area contributed by atoms with Crippen molar-refractivity contribution in [2.75, 3.05) is 6.61 Å². The molecule has 0 saturated carbocycles. The Balaban J connectivity index is 2.11. The molecular weight excluding hydrogens is 335 g/mol. The van der Waals surface area contributed by atoms with E-state index in [1.807, 2.05) is 31.2 Å². The highest BCUT2D eigenvalue weighted by atomic mass is 35.5. The van der Waals surface area contributed by atoms with Crippen LogP contribution in [0.2, 0.25) is 10.0 Å². The molecule has 0 amide bonds. The van der Waals surface area contributed by atoms with Crippen LogP contribution >= 0.6 is 23.2 Å². The number of esters is 1. The van der Waals surface area contributed by atoms with Gasteiger partial charge in [0.2, 0.25) is 0 Å². The number of rotatable bonds is 5. The molecule has 3 nitrogen and oxygen atoms in total. The monoisotopic (exact) mass is 350 g/mol. The van der Waals surface area contributed by atoms with Crippen LogP contribution in [-0.4, -0.2) is 12.6 Å². The van der Waals surface area contributed by atoms with Crippen LogP contribution < -0.4 is 4.74 Å². The number of halogens is 2. The van der Waals surface area contributed by atoms with Crippen LogP contribution in [0.1, 0.15) is 19.4 Å². The lowest BCUT2D eigenvalue weighted by Gasteiger charge is -2.09. The van der Waals surface area contributed by atoms with Gasteiger partial charge in [-0.15, -0.1) is 0 Å². The number of carbonyl (C=O) groups is 1. The Morgan fingerprint density at radius 2 is 1.83 bits per heavy atom. The third kappa shape index (κ3) is 5.02. The molecule has 23 heavy (non-hydrogen) atoms. The van der Waals surface area contributed by atoms with Crippen molar-refractivity contribution < 1.29 is 14.3 Å². The van der Waals surface area contributed by atoms with Crippen molar-refractivity contribution >= 4 is 34.7 Å². The molecular formula is C18H16Cl2O3. The largest absolute Gasteiger partial charge is 0.463 e. The van der Waals surface area contributed by atoms with Gasteiger partial charge in [-0.3, -0.25) is 0 Å². The number of hydrogen-bond acceptors (Lipinski definition) is 3. The number of benzene rings is 2. The van der Waals surface area contributed by atoms with Gasteiger partial charge in [0, 0.05) is 11.1 Å². The highest BCUT2D eigenvalue weighted by Gasteiger charge is 2.05. The summed E-state index contributed by atoms with van der Waals surface area (Å²) in [6, 6.07) is 12.4. The van der Waals surface area contributed by atoms with Crippen LogP contribution in [0.15, 0.2) is 48.5 Å². The quantitative estimate of drug-likeness (QED) is 0.508. The second-order valence-corrected chi connectivity index (χ2v) is 5.62. The standard InChI is InChI=1S/C18H16Cl2O3/c1-3-22-18(21)10-12(2)13-4-7-15(8-5-13)23-17-9-6-14(19)11-16(17)20/h4-11H,3H2,1-2H3. The molecule has 0 heterocycles. The maximum atomic E-state index is 11.5. The predicted octanol–water partition coefficient (Wildman–Crippen LogP) is 5.75. The van der Waals surface area contributed by atoms with Crippen LogP contribution in [0.25, 0.3) is 5.57 Å². The lowest BCUT2D eigenvalue weighted by molar-refractivity contribution is -0.137. The third-order valence-corrected chi connectivity index (χ3v) is 3.58. The second kappa shape index (κ2) is 8.04. The summed E-state index contributed by atoms with van der Waals surface area (Å²) in [6.45, 7) is 3.98. The molecule has 0 bridgehead atoms. The number of allylic oxidation sites excluding steroid dienone is 1. The molecule has 0 spiro atoms. The third-order valence-electron chi connectivity index (χ3n) is 3.05. The Kier molecular flexibility index (Phi) is 6.08. The molecule has 0 atom stereocenters. The summed E-state index contributed by atoms with van der Waals surface area (Å²) in [7, 11) is 0. The molecule has 0 aliphatic heterocycles. The molecule has 120 valence electrons. The minimum Gasteiger partial charge on any atom is -0.463 e. The molecule has 0 N–H and O–H groups in total. The Morgan fingerprint density at radius 3 is 2.43 bits per heavy atom. The van der Waals surface area contributed by atoms with Crippen LogP contribution in [0.3, 0.4) is 0 Å². The van der Waals surface area contributed by atoms with E-state index in [1.54, 1.807) is 25.1 Å². The summed E-state index contributed by atoms with van der Waals surface area (Å²) in [6.07, 6.45) is 1.47. The van der Waals surface area contributed by atoms with E-state index >= 15 is 0 Å². The van der Waals surface area contributed by atoms with Gasteiger partial charge < -0.3 is 9.47 Å². The molecule has 2 aromatic rings. The van der Waals surface area contributed by atoms with E-state index in [-0.39, 0.29) is 5.97 Å². The van der Waals surface area contributed by atoms with Gasteiger partial charge in [0.1, 0.15) is 11.5 Å². The zero-order valence-electron chi connectivity index (χ0n) is 12.8.